The lowest BCUT2D eigenvalue weighted by Gasteiger charge is -2.31. The molecular formula is C38H41F3N8O3. The normalized spacial score (nSPS) is 20.6. The largest absolute Gasteiger partial charge is 0.508 e. The molecule has 14 heteroatoms. The Kier molecular flexibility index (Phi) is 8.88. The van der Waals surface area contributed by atoms with Gasteiger partial charge in [0, 0.05) is 44.4 Å². The van der Waals surface area contributed by atoms with Crippen LogP contribution < -0.4 is 15.0 Å². The number of anilines is 1. The number of rotatable bonds is 8. The van der Waals surface area contributed by atoms with Crippen LogP contribution in [-0.2, 0) is 19.5 Å². The highest BCUT2D eigenvalue weighted by molar-refractivity contribution is 6.01. The molecule has 5 aromatic rings. The Bertz CT molecular complexity index is 2190. The third-order valence-corrected chi connectivity index (χ3v) is 10.8. The summed E-state index contributed by atoms with van der Waals surface area (Å²) >= 11 is 0. The van der Waals surface area contributed by atoms with E-state index < -0.39 is 23.3 Å². The molecule has 0 spiro atoms. The van der Waals surface area contributed by atoms with E-state index >= 15 is 8.78 Å². The van der Waals surface area contributed by atoms with Gasteiger partial charge in [0.1, 0.15) is 41.4 Å². The molecule has 3 aromatic heterocycles. The number of aromatic hydroxyl groups is 1. The molecule has 2 saturated heterocycles. The number of amides is 1. The van der Waals surface area contributed by atoms with Crippen molar-refractivity contribution in [3.8, 4) is 23.0 Å². The van der Waals surface area contributed by atoms with Crippen LogP contribution in [0.2, 0.25) is 0 Å². The highest BCUT2D eigenvalue weighted by atomic mass is 19.1. The lowest BCUT2D eigenvalue weighted by atomic mass is 9.94. The molecule has 272 valence electrons. The highest BCUT2D eigenvalue weighted by Crippen LogP contribution is 2.42. The summed E-state index contributed by atoms with van der Waals surface area (Å²) in [4.78, 5) is 30.8. The van der Waals surface area contributed by atoms with E-state index in [1.807, 2.05) is 23.4 Å². The molecule has 0 aliphatic carbocycles. The molecule has 2 aromatic carbocycles. The van der Waals surface area contributed by atoms with E-state index in [9.17, 15) is 14.3 Å². The van der Waals surface area contributed by atoms with Gasteiger partial charge in [-0.1, -0.05) is 13.0 Å². The number of benzene rings is 2. The van der Waals surface area contributed by atoms with Gasteiger partial charge in [-0.05, 0) is 86.2 Å². The average molecular weight is 715 g/mol. The van der Waals surface area contributed by atoms with Crippen molar-refractivity contribution in [2.45, 2.75) is 77.2 Å². The van der Waals surface area contributed by atoms with E-state index in [1.165, 1.54) is 24.4 Å². The fourth-order valence-electron chi connectivity index (χ4n) is 8.35. The molecule has 0 radical (unpaired) electrons. The van der Waals surface area contributed by atoms with Crippen molar-refractivity contribution in [2.75, 3.05) is 37.7 Å². The first kappa shape index (κ1) is 34.1. The molecule has 6 heterocycles. The first-order valence-electron chi connectivity index (χ1n) is 18.1. The Morgan fingerprint density at radius 1 is 1.10 bits per heavy atom. The third-order valence-electron chi connectivity index (χ3n) is 10.8. The maximum absolute atomic E-state index is 17.1. The van der Waals surface area contributed by atoms with E-state index in [-0.39, 0.29) is 41.0 Å². The number of carbonyl (C=O) groups excluding carboxylic acids is 1. The number of hydrogen-bond donors (Lipinski definition) is 2. The molecule has 8 rings (SSSR count). The number of pyridine rings is 1. The Balaban J connectivity index is 1.27. The lowest BCUT2D eigenvalue weighted by molar-refractivity contribution is 0.0950. The maximum Gasteiger partial charge on any atom is 0.319 e. The van der Waals surface area contributed by atoms with E-state index in [1.54, 1.807) is 12.1 Å². The van der Waals surface area contributed by atoms with Gasteiger partial charge in [0.15, 0.2) is 11.5 Å². The molecule has 2 atom stereocenters. The fraction of sp³-hybridized carbons (Fsp3) is 0.447. The van der Waals surface area contributed by atoms with Gasteiger partial charge < -0.3 is 20.1 Å². The van der Waals surface area contributed by atoms with E-state index in [2.05, 4.69) is 25.3 Å². The number of aryl methyl sites for hydroxylation is 2. The minimum absolute atomic E-state index is 0.0508. The number of alkyl halides is 1. The second-order valence-corrected chi connectivity index (χ2v) is 14.1. The SMILES string of the molecule is CCNC(=O)c1cc2n(n1)CCCCN(c1nc(OC[C@@]34CCCN3C[C@H](F)C4)nc3c(F)c(-c4cc(O)cc5ccc(F)c(CC)c45)ncc13)C2. The monoisotopic (exact) mass is 714 g/mol. The lowest BCUT2D eigenvalue weighted by Crippen LogP contribution is -2.43. The van der Waals surface area contributed by atoms with Crippen molar-refractivity contribution in [3.05, 3.63) is 65.1 Å². The molecule has 2 N–H and O–H groups in total. The Morgan fingerprint density at radius 2 is 1.94 bits per heavy atom. The van der Waals surface area contributed by atoms with Crippen LogP contribution >= 0.6 is 0 Å². The van der Waals surface area contributed by atoms with Gasteiger partial charge in [0.25, 0.3) is 5.91 Å². The summed E-state index contributed by atoms with van der Waals surface area (Å²) in [5.41, 5.74) is 1.10. The van der Waals surface area contributed by atoms with Crippen molar-refractivity contribution in [2.24, 2.45) is 0 Å². The zero-order chi connectivity index (χ0) is 36.1. The maximum atomic E-state index is 17.1. The summed E-state index contributed by atoms with van der Waals surface area (Å²) in [5.74, 6) is -1.19. The third kappa shape index (κ3) is 5.96. The summed E-state index contributed by atoms with van der Waals surface area (Å²) < 4.78 is 55.0. The number of nitrogens with one attached hydrogen (secondary N) is 1. The van der Waals surface area contributed by atoms with E-state index in [4.69, 9.17) is 9.72 Å². The van der Waals surface area contributed by atoms with Crippen LogP contribution in [0.3, 0.4) is 0 Å². The summed E-state index contributed by atoms with van der Waals surface area (Å²) in [6.07, 6.45) is 4.50. The predicted octanol–water partition coefficient (Wildman–Crippen LogP) is 6.09. The minimum Gasteiger partial charge on any atom is -0.508 e. The molecule has 11 nitrogen and oxygen atoms in total. The van der Waals surface area contributed by atoms with Crippen molar-refractivity contribution in [3.63, 3.8) is 0 Å². The van der Waals surface area contributed by atoms with Crippen LogP contribution in [0, 0.1) is 11.6 Å². The molecule has 0 bridgehead atoms. The fourth-order valence-corrected chi connectivity index (χ4v) is 8.35. The standard InChI is InChI=1S/C38H41F3N8O3/c1-3-26-29(40)9-8-22-14-25(50)16-27(31(22)26)33-32(41)34-28(18-43-33)35(45-37(44-34)52-21-38-10-7-12-48(38)19-23(39)17-38)47-11-5-6-13-49-24(20-47)15-30(46-49)36(51)42-4-2/h8-9,14-16,18,23,50H,3-7,10-13,17,19-21H2,1-2H3,(H,42,51)/t23-,38+/m1/s1. The van der Waals surface area contributed by atoms with Crippen LogP contribution in [0.1, 0.15) is 67.7 Å². The van der Waals surface area contributed by atoms with Crippen LogP contribution in [0.4, 0.5) is 19.0 Å². The van der Waals surface area contributed by atoms with Gasteiger partial charge in [-0.15, -0.1) is 0 Å². The molecule has 52 heavy (non-hydrogen) atoms. The molecule has 3 aliphatic rings. The van der Waals surface area contributed by atoms with Gasteiger partial charge in [-0.25, -0.2) is 13.2 Å². The number of nitrogens with zero attached hydrogens (tertiary/aromatic N) is 7. The number of aromatic nitrogens is 5. The second kappa shape index (κ2) is 13.5. The number of phenolic OH excluding ortho intramolecular Hbond substituents is 1. The molecule has 2 fully saturated rings. The number of hydrogen-bond acceptors (Lipinski definition) is 9. The zero-order valence-corrected chi connectivity index (χ0v) is 29.3. The first-order valence-corrected chi connectivity index (χ1v) is 18.1. The van der Waals surface area contributed by atoms with Crippen molar-refractivity contribution in [1.29, 1.82) is 0 Å². The second-order valence-electron chi connectivity index (χ2n) is 14.1. The van der Waals surface area contributed by atoms with Gasteiger partial charge in [-0.2, -0.15) is 15.1 Å². The molecule has 1 amide bonds. The molecular weight excluding hydrogens is 673 g/mol. The van der Waals surface area contributed by atoms with Gasteiger partial charge in [0.05, 0.1) is 23.2 Å². The smallest absolute Gasteiger partial charge is 0.319 e. The van der Waals surface area contributed by atoms with Crippen molar-refractivity contribution in [1.82, 2.24) is 34.9 Å². The van der Waals surface area contributed by atoms with Gasteiger partial charge in [-0.3, -0.25) is 19.4 Å². The predicted molar refractivity (Wildman–Crippen MR) is 190 cm³/mol. The number of phenols is 1. The summed E-state index contributed by atoms with van der Waals surface area (Å²) in [6, 6.07) is 7.51. The van der Waals surface area contributed by atoms with Crippen molar-refractivity contribution >= 4 is 33.4 Å². The summed E-state index contributed by atoms with van der Waals surface area (Å²) in [5, 5.41) is 19.4. The highest BCUT2D eigenvalue weighted by Gasteiger charge is 2.49. The van der Waals surface area contributed by atoms with Gasteiger partial charge >= 0.3 is 6.01 Å². The molecule has 0 saturated carbocycles. The molecule has 0 unspecified atom stereocenters. The van der Waals surface area contributed by atoms with Crippen molar-refractivity contribution < 1.29 is 27.8 Å². The van der Waals surface area contributed by atoms with Gasteiger partial charge in [0.2, 0.25) is 0 Å². The number of carbonyl (C=O) groups is 1. The number of ether oxygens (including phenoxy) is 1. The minimum atomic E-state index is -0.951. The van der Waals surface area contributed by atoms with Crippen LogP contribution in [-0.4, -0.2) is 85.1 Å². The Labute approximate surface area is 298 Å². The summed E-state index contributed by atoms with van der Waals surface area (Å²) in [7, 11) is 0. The number of halogens is 3. The van der Waals surface area contributed by atoms with Crippen LogP contribution in [0.25, 0.3) is 32.9 Å². The van der Waals surface area contributed by atoms with Crippen LogP contribution in [0.15, 0.2) is 36.5 Å². The average Bonchev–Trinajstić information content (AvgIpc) is 3.79. The Hall–Kier alpha value is -4.98. The van der Waals surface area contributed by atoms with E-state index in [0.717, 1.165) is 37.9 Å². The molecule has 3 aliphatic heterocycles. The quantitative estimate of drug-likeness (QED) is 0.197. The topological polar surface area (TPSA) is 122 Å². The summed E-state index contributed by atoms with van der Waals surface area (Å²) in [6.45, 7) is 6.96. The first-order chi connectivity index (χ1) is 25.2. The zero-order valence-electron chi connectivity index (χ0n) is 29.3. The number of fused-ring (bicyclic) bond motifs is 4. The Morgan fingerprint density at radius 3 is 2.77 bits per heavy atom. The van der Waals surface area contributed by atoms with Crippen LogP contribution in [0.5, 0.6) is 11.8 Å². The van der Waals surface area contributed by atoms with E-state index in [0.29, 0.717) is 78.8 Å².